The third-order valence-electron chi connectivity index (χ3n) is 3.65. The van der Waals surface area contributed by atoms with Gasteiger partial charge in [-0.25, -0.2) is 0 Å². The van der Waals surface area contributed by atoms with Crippen molar-refractivity contribution >= 4 is 21.9 Å². The van der Waals surface area contributed by atoms with Gasteiger partial charge >= 0.3 is 5.97 Å². The number of benzene rings is 1. The Hall–Kier alpha value is -1.07. The molecule has 1 aromatic carbocycles. The number of unbranched alkanes of at least 4 members (excludes halogenated alkanes) is 1. The molecule has 0 spiro atoms. The molecule has 1 aliphatic heterocycles. The van der Waals surface area contributed by atoms with Gasteiger partial charge in [0.25, 0.3) is 0 Å². The molecule has 110 valence electrons. The molecule has 0 fully saturated rings. The molecule has 0 saturated heterocycles. The second-order valence-corrected chi connectivity index (χ2v) is 6.09. The van der Waals surface area contributed by atoms with Gasteiger partial charge in [0, 0.05) is 10.9 Å². The van der Waals surface area contributed by atoms with E-state index in [0.717, 1.165) is 35.0 Å². The lowest BCUT2D eigenvalue weighted by atomic mass is 9.92. The van der Waals surface area contributed by atoms with Crippen molar-refractivity contribution in [3.63, 3.8) is 0 Å². The highest BCUT2D eigenvalue weighted by Crippen LogP contribution is 2.35. The normalized spacial score (nSPS) is 14.7. The molecule has 1 aliphatic rings. The van der Waals surface area contributed by atoms with Crippen molar-refractivity contribution in [1.82, 2.24) is 0 Å². The van der Waals surface area contributed by atoms with E-state index in [9.17, 15) is 9.90 Å². The van der Waals surface area contributed by atoms with Crippen molar-refractivity contribution in [2.45, 2.75) is 32.1 Å². The van der Waals surface area contributed by atoms with Crippen LogP contribution in [-0.4, -0.2) is 24.2 Å². The van der Waals surface area contributed by atoms with E-state index in [4.69, 9.17) is 10.5 Å². The lowest BCUT2D eigenvalue weighted by Gasteiger charge is -2.15. The maximum absolute atomic E-state index is 11.4. The van der Waals surface area contributed by atoms with Crippen LogP contribution in [0, 0.1) is 5.92 Å². The van der Waals surface area contributed by atoms with E-state index in [2.05, 4.69) is 22.0 Å². The fourth-order valence-corrected chi connectivity index (χ4v) is 3.16. The van der Waals surface area contributed by atoms with Gasteiger partial charge in [-0.05, 0) is 49.1 Å². The van der Waals surface area contributed by atoms with Crippen LogP contribution in [-0.2, 0) is 17.6 Å². The van der Waals surface area contributed by atoms with Crippen LogP contribution in [0.1, 0.15) is 30.4 Å². The third kappa shape index (κ3) is 3.73. The minimum absolute atomic E-state index is 0.371. The van der Waals surface area contributed by atoms with E-state index in [1.807, 2.05) is 6.07 Å². The zero-order chi connectivity index (χ0) is 14.5. The number of fused-ring (bicyclic) bond motifs is 1. The van der Waals surface area contributed by atoms with E-state index < -0.39 is 5.97 Å². The number of carboxylic acid groups (broad SMARTS) is 1. The summed E-state index contributed by atoms with van der Waals surface area (Å²) >= 11 is 3.49. The van der Waals surface area contributed by atoms with E-state index in [-0.39, 0.29) is 5.92 Å². The molecule has 3 N–H and O–H groups in total. The maximum Gasteiger partial charge on any atom is 0.306 e. The van der Waals surface area contributed by atoms with Crippen molar-refractivity contribution < 1.29 is 14.6 Å². The van der Waals surface area contributed by atoms with E-state index in [0.29, 0.717) is 26.0 Å². The molecule has 5 heteroatoms. The predicted octanol–water partition coefficient (Wildman–Crippen LogP) is 2.76. The number of hydrogen-bond acceptors (Lipinski definition) is 3. The first-order chi connectivity index (χ1) is 9.61. The molecular weight excluding hydrogens is 322 g/mol. The quantitative estimate of drug-likeness (QED) is 0.748. The highest BCUT2D eigenvalue weighted by molar-refractivity contribution is 9.10. The number of nitrogens with two attached hydrogens (primary N) is 1. The van der Waals surface area contributed by atoms with Crippen molar-refractivity contribution in [3.05, 3.63) is 27.7 Å². The van der Waals surface area contributed by atoms with Gasteiger partial charge in [-0.15, -0.1) is 0 Å². The number of rotatable bonds is 7. The number of ether oxygens (including phenoxy) is 1. The molecule has 1 atom stereocenters. The number of hydrogen-bond donors (Lipinski definition) is 2. The molecule has 1 unspecified atom stereocenters. The summed E-state index contributed by atoms with van der Waals surface area (Å²) in [7, 11) is 0. The topological polar surface area (TPSA) is 72.5 Å². The lowest BCUT2D eigenvalue weighted by molar-refractivity contribution is -0.142. The third-order valence-corrected chi connectivity index (χ3v) is 4.11. The SMILES string of the molecule is NCCCCC(Cc1cc(Br)cc2c1OCC2)C(=O)O. The van der Waals surface area contributed by atoms with Crippen LogP contribution in [0.5, 0.6) is 5.75 Å². The summed E-state index contributed by atoms with van der Waals surface area (Å²) in [6.07, 6.45) is 3.80. The number of halogens is 1. The minimum atomic E-state index is -0.742. The summed E-state index contributed by atoms with van der Waals surface area (Å²) in [5.74, 6) is -0.226. The average molecular weight is 342 g/mol. The number of carbonyl (C=O) groups is 1. The van der Waals surface area contributed by atoms with Crippen LogP contribution in [0.3, 0.4) is 0 Å². The Balaban J connectivity index is 2.12. The Kier molecular flexibility index (Phi) is 5.43. The molecule has 0 bridgehead atoms. The Labute approximate surface area is 127 Å². The highest BCUT2D eigenvalue weighted by atomic mass is 79.9. The fourth-order valence-electron chi connectivity index (χ4n) is 2.61. The summed E-state index contributed by atoms with van der Waals surface area (Å²) in [5, 5.41) is 9.37. The number of carboxylic acids is 1. The number of aliphatic carboxylic acids is 1. The average Bonchev–Trinajstić information content (AvgIpc) is 2.85. The van der Waals surface area contributed by atoms with Gasteiger partial charge < -0.3 is 15.6 Å². The van der Waals surface area contributed by atoms with Gasteiger partial charge in [-0.1, -0.05) is 22.4 Å². The summed E-state index contributed by atoms with van der Waals surface area (Å²) in [6, 6.07) is 4.03. The van der Waals surface area contributed by atoms with Crippen molar-refractivity contribution in [1.29, 1.82) is 0 Å². The molecule has 0 saturated carbocycles. The molecule has 1 heterocycles. The van der Waals surface area contributed by atoms with Crippen molar-refractivity contribution in [2.75, 3.05) is 13.2 Å². The first kappa shape index (κ1) is 15.3. The van der Waals surface area contributed by atoms with E-state index in [1.54, 1.807) is 0 Å². The summed E-state index contributed by atoms with van der Waals surface area (Å²) in [6.45, 7) is 1.30. The molecule has 20 heavy (non-hydrogen) atoms. The van der Waals surface area contributed by atoms with Crippen molar-refractivity contribution in [3.8, 4) is 5.75 Å². The monoisotopic (exact) mass is 341 g/mol. The molecule has 4 nitrogen and oxygen atoms in total. The van der Waals surface area contributed by atoms with Crippen LogP contribution in [0.15, 0.2) is 16.6 Å². The largest absolute Gasteiger partial charge is 0.493 e. The van der Waals surface area contributed by atoms with Crippen LogP contribution in [0.25, 0.3) is 0 Å². The van der Waals surface area contributed by atoms with Crippen LogP contribution >= 0.6 is 15.9 Å². The smallest absolute Gasteiger partial charge is 0.306 e. The summed E-state index contributed by atoms with van der Waals surface area (Å²) < 4.78 is 6.65. The molecule has 0 aliphatic carbocycles. The van der Waals surface area contributed by atoms with E-state index >= 15 is 0 Å². The predicted molar refractivity (Wildman–Crippen MR) is 81.1 cm³/mol. The Morgan fingerprint density at radius 2 is 2.25 bits per heavy atom. The van der Waals surface area contributed by atoms with Gasteiger partial charge in [-0.2, -0.15) is 0 Å². The fraction of sp³-hybridized carbons (Fsp3) is 0.533. The van der Waals surface area contributed by atoms with Gasteiger partial charge in [0.1, 0.15) is 5.75 Å². The molecule has 1 aromatic rings. The van der Waals surface area contributed by atoms with Gasteiger partial charge in [0.15, 0.2) is 0 Å². The molecule has 2 rings (SSSR count). The Morgan fingerprint density at radius 1 is 1.45 bits per heavy atom. The highest BCUT2D eigenvalue weighted by Gasteiger charge is 2.23. The maximum atomic E-state index is 11.4. The van der Waals surface area contributed by atoms with Gasteiger partial charge in [-0.3, -0.25) is 4.79 Å². The zero-order valence-electron chi connectivity index (χ0n) is 11.4. The lowest BCUT2D eigenvalue weighted by Crippen LogP contribution is -2.17. The van der Waals surface area contributed by atoms with E-state index in [1.165, 1.54) is 5.56 Å². The van der Waals surface area contributed by atoms with Gasteiger partial charge in [0.05, 0.1) is 12.5 Å². The van der Waals surface area contributed by atoms with Crippen LogP contribution in [0.4, 0.5) is 0 Å². The molecule has 0 radical (unpaired) electrons. The van der Waals surface area contributed by atoms with Crippen LogP contribution < -0.4 is 10.5 Å². The molecule has 0 aromatic heterocycles. The minimum Gasteiger partial charge on any atom is -0.493 e. The second kappa shape index (κ2) is 7.09. The molecular formula is C15H20BrNO3. The summed E-state index contributed by atoms with van der Waals surface area (Å²) in [5.41, 5.74) is 7.62. The zero-order valence-corrected chi connectivity index (χ0v) is 13.0. The van der Waals surface area contributed by atoms with Crippen LogP contribution in [0.2, 0.25) is 0 Å². The Morgan fingerprint density at radius 3 is 2.95 bits per heavy atom. The second-order valence-electron chi connectivity index (χ2n) is 5.18. The first-order valence-electron chi connectivity index (χ1n) is 6.98. The van der Waals surface area contributed by atoms with Gasteiger partial charge in [0.2, 0.25) is 0 Å². The molecule has 0 amide bonds. The van der Waals surface area contributed by atoms with Crippen molar-refractivity contribution in [2.24, 2.45) is 11.7 Å². The first-order valence-corrected chi connectivity index (χ1v) is 7.78. The summed E-state index contributed by atoms with van der Waals surface area (Å²) in [4.78, 5) is 11.4. The standard InChI is InChI=1S/C15H20BrNO3/c16-13-8-10-4-6-20-14(10)12(9-13)7-11(15(18)19)3-1-2-5-17/h8-9,11H,1-7,17H2,(H,18,19). The Bertz CT molecular complexity index is 490.